The fourth-order valence-electron chi connectivity index (χ4n) is 7.51. The molecule has 1 aliphatic carbocycles. The molecular formula is C47H40N2. The Morgan fingerprint density at radius 2 is 1.00 bits per heavy atom. The van der Waals surface area contributed by atoms with Gasteiger partial charge in [0.25, 0.3) is 0 Å². The zero-order valence-electron chi connectivity index (χ0n) is 28.6. The third-order valence-electron chi connectivity index (χ3n) is 9.97. The van der Waals surface area contributed by atoms with Gasteiger partial charge >= 0.3 is 0 Å². The number of rotatable bonds is 4. The van der Waals surface area contributed by atoms with Crippen LogP contribution >= 0.6 is 0 Å². The van der Waals surface area contributed by atoms with E-state index >= 15 is 0 Å². The van der Waals surface area contributed by atoms with Crippen LogP contribution in [0.2, 0.25) is 0 Å². The molecule has 0 aliphatic heterocycles. The van der Waals surface area contributed by atoms with E-state index in [0.29, 0.717) is 0 Å². The van der Waals surface area contributed by atoms with Crippen LogP contribution in [0, 0.1) is 13.8 Å². The van der Waals surface area contributed by atoms with Crippen molar-refractivity contribution in [3.05, 3.63) is 192 Å². The maximum atomic E-state index is 2.36. The highest BCUT2D eigenvalue weighted by Gasteiger charge is 2.35. The molecule has 0 radical (unpaired) electrons. The van der Waals surface area contributed by atoms with E-state index in [2.05, 4.69) is 207 Å². The van der Waals surface area contributed by atoms with E-state index < -0.39 is 0 Å². The summed E-state index contributed by atoms with van der Waals surface area (Å²) in [5.74, 6) is 0. The predicted molar refractivity (Wildman–Crippen MR) is 209 cm³/mol. The molecule has 7 aromatic carbocycles. The molecule has 0 spiro atoms. The number of nitrogens with zero attached hydrogens (tertiary/aromatic N) is 2. The van der Waals surface area contributed by atoms with Gasteiger partial charge in [-0.2, -0.15) is 0 Å². The highest BCUT2D eigenvalue weighted by Crippen LogP contribution is 2.50. The van der Waals surface area contributed by atoms with Crippen molar-refractivity contribution in [3.63, 3.8) is 0 Å². The van der Waals surface area contributed by atoms with Gasteiger partial charge in [0.2, 0.25) is 0 Å². The lowest BCUT2D eigenvalue weighted by Crippen LogP contribution is -2.15. The normalized spacial score (nSPS) is 12.7. The number of fused-ring (bicyclic) bond motifs is 6. The first-order chi connectivity index (χ1) is 23.9. The molecule has 0 saturated heterocycles. The molecule has 49 heavy (non-hydrogen) atoms. The van der Waals surface area contributed by atoms with E-state index in [1.54, 1.807) is 0 Å². The topological polar surface area (TPSA) is 8.17 Å². The van der Waals surface area contributed by atoms with Crippen molar-refractivity contribution < 1.29 is 0 Å². The molecule has 0 unspecified atom stereocenters. The summed E-state index contributed by atoms with van der Waals surface area (Å²) in [6, 6.07) is 61.0. The lowest BCUT2D eigenvalue weighted by Gasteiger charge is -2.27. The Morgan fingerprint density at radius 1 is 0.429 bits per heavy atom. The molecule has 2 heteroatoms. The molecule has 0 fully saturated rings. The molecule has 0 saturated carbocycles. The summed E-state index contributed by atoms with van der Waals surface area (Å²) < 4.78 is 2.34. The fourth-order valence-corrected chi connectivity index (χ4v) is 7.51. The molecule has 1 aromatic heterocycles. The average molecular weight is 633 g/mol. The quantitative estimate of drug-likeness (QED) is 0.187. The monoisotopic (exact) mass is 632 g/mol. The van der Waals surface area contributed by atoms with E-state index in [1.165, 1.54) is 77.9 Å². The van der Waals surface area contributed by atoms with E-state index in [9.17, 15) is 0 Å². The number of hydrogen-bond donors (Lipinski definition) is 0. The zero-order chi connectivity index (χ0) is 33.5. The summed E-state index contributed by atoms with van der Waals surface area (Å²) in [7, 11) is 0. The Kier molecular flexibility index (Phi) is 7.65. The number of aryl methyl sites for hydroxylation is 2. The number of anilines is 3. The molecule has 1 aliphatic rings. The Hall–Kier alpha value is -5.86. The van der Waals surface area contributed by atoms with Crippen molar-refractivity contribution in [2.75, 3.05) is 4.90 Å². The molecular weight excluding hydrogens is 593 g/mol. The van der Waals surface area contributed by atoms with E-state index in [-0.39, 0.29) is 5.41 Å². The van der Waals surface area contributed by atoms with Crippen LogP contribution in [-0.2, 0) is 5.41 Å². The number of aromatic nitrogens is 1. The molecule has 238 valence electrons. The van der Waals surface area contributed by atoms with Crippen molar-refractivity contribution in [1.29, 1.82) is 0 Å². The van der Waals surface area contributed by atoms with Gasteiger partial charge in [-0.15, -0.1) is 0 Å². The third kappa shape index (κ3) is 5.40. The van der Waals surface area contributed by atoms with Gasteiger partial charge in [-0.05, 0) is 103 Å². The Labute approximate surface area is 289 Å². The summed E-state index contributed by atoms with van der Waals surface area (Å²) >= 11 is 0. The van der Waals surface area contributed by atoms with Gasteiger partial charge in [0.1, 0.15) is 0 Å². The highest BCUT2D eigenvalue weighted by molar-refractivity contribution is 6.09. The summed E-state index contributed by atoms with van der Waals surface area (Å²) in [4.78, 5) is 2.34. The second kappa shape index (κ2) is 12.3. The Bertz CT molecular complexity index is 2420. The molecule has 0 bridgehead atoms. The first-order valence-corrected chi connectivity index (χ1v) is 17.1. The lowest BCUT2D eigenvalue weighted by molar-refractivity contribution is 0.660. The lowest BCUT2D eigenvalue weighted by atomic mass is 9.82. The van der Waals surface area contributed by atoms with Crippen LogP contribution in [0.4, 0.5) is 17.1 Å². The van der Waals surface area contributed by atoms with Crippen LogP contribution in [0.5, 0.6) is 0 Å². The molecule has 2 nitrogen and oxygen atoms in total. The molecule has 0 N–H and O–H groups in total. The maximum Gasteiger partial charge on any atom is 0.0541 e. The Morgan fingerprint density at radius 3 is 1.78 bits per heavy atom. The minimum Gasteiger partial charge on any atom is -0.310 e. The van der Waals surface area contributed by atoms with Gasteiger partial charge in [-0.3, -0.25) is 0 Å². The van der Waals surface area contributed by atoms with E-state index in [1.807, 2.05) is 0 Å². The highest BCUT2D eigenvalue weighted by atomic mass is 15.1. The zero-order valence-corrected chi connectivity index (χ0v) is 28.6. The fraction of sp³-hybridized carbons (Fsp3) is 0.106. The predicted octanol–water partition coefficient (Wildman–Crippen LogP) is 12.9. The van der Waals surface area contributed by atoms with Gasteiger partial charge in [-0.1, -0.05) is 128 Å². The molecule has 1 heterocycles. The Balaban J connectivity index is 0.000000152. The standard InChI is InChI=1S/C28H25N.C19H15N/c1-20-13-15-22(16-14-20)29(21-9-5-4-6-10-21)23-17-18-27-25(19-23)24-11-7-8-12-26(24)28(27,2)3;1-14-11-12-19-17(13-14)16-9-5-6-10-18(16)20(19)15-7-3-2-4-8-15/h4-19H,1-3H3;2-13H,1H3. The summed E-state index contributed by atoms with van der Waals surface area (Å²) in [5.41, 5.74) is 15.4. The van der Waals surface area contributed by atoms with Crippen LogP contribution in [0.25, 0.3) is 38.6 Å². The van der Waals surface area contributed by atoms with Crippen molar-refractivity contribution in [3.8, 4) is 16.8 Å². The van der Waals surface area contributed by atoms with Crippen LogP contribution in [0.3, 0.4) is 0 Å². The van der Waals surface area contributed by atoms with Crippen LogP contribution in [0.1, 0.15) is 36.1 Å². The van der Waals surface area contributed by atoms with Crippen LogP contribution in [0.15, 0.2) is 170 Å². The first kappa shape index (κ1) is 30.5. The maximum absolute atomic E-state index is 2.36. The largest absolute Gasteiger partial charge is 0.310 e. The van der Waals surface area contributed by atoms with E-state index in [0.717, 1.165) is 0 Å². The van der Waals surface area contributed by atoms with Gasteiger partial charge in [-0.25, -0.2) is 0 Å². The molecule has 0 atom stereocenters. The van der Waals surface area contributed by atoms with Crippen molar-refractivity contribution in [1.82, 2.24) is 4.57 Å². The van der Waals surface area contributed by atoms with Crippen molar-refractivity contribution in [2.45, 2.75) is 33.1 Å². The second-order valence-electron chi connectivity index (χ2n) is 13.6. The van der Waals surface area contributed by atoms with Gasteiger partial charge < -0.3 is 9.47 Å². The second-order valence-corrected chi connectivity index (χ2v) is 13.6. The first-order valence-electron chi connectivity index (χ1n) is 17.1. The van der Waals surface area contributed by atoms with Crippen molar-refractivity contribution >= 4 is 38.9 Å². The molecule has 8 aromatic rings. The SMILES string of the molecule is Cc1ccc(N(c2ccccc2)c2ccc3c(c2)-c2ccccc2C3(C)C)cc1.Cc1ccc2c(c1)c1ccccc1n2-c1ccccc1. The smallest absolute Gasteiger partial charge is 0.0541 e. The van der Waals surface area contributed by atoms with Gasteiger partial charge in [0.15, 0.2) is 0 Å². The molecule has 0 amide bonds. The summed E-state index contributed by atoms with van der Waals surface area (Å²) in [5, 5.41) is 2.64. The van der Waals surface area contributed by atoms with Crippen molar-refractivity contribution in [2.24, 2.45) is 0 Å². The minimum atomic E-state index is 0.0336. The van der Waals surface area contributed by atoms with Crippen LogP contribution < -0.4 is 4.90 Å². The third-order valence-corrected chi connectivity index (χ3v) is 9.97. The summed E-state index contributed by atoms with van der Waals surface area (Å²) in [6.07, 6.45) is 0. The number of para-hydroxylation sites is 3. The minimum absolute atomic E-state index is 0.0336. The number of hydrogen-bond acceptors (Lipinski definition) is 1. The summed E-state index contributed by atoms with van der Waals surface area (Å²) in [6.45, 7) is 8.93. The van der Waals surface area contributed by atoms with E-state index in [4.69, 9.17) is 0 Å². The average Bonchev–Trinajstić information content (AvgIpc) is 3.58. The van der Waals surface area contributed by atoms with Crippen LogP contribution in [-0.4, -0.2) is 4.57 Å². The van der Waals surface area contributed by atoms with Gasteiger partial charge in [0.05, 0.1) is 11.0 Å². The van der Waals surface area contributed by atoms with Gasteiger partial charge in [0, 0.05) is 38.9 Å². The molecule has 9 rings (SSSR count). The number of benzene rings is 7.